The molecule has 0 N–H and O–H groups in total. The third-order valence-corrected chi connectivity index (χ3v) is 10.4. The number of hydrogen-bond acceptors (Lipinski definition) is 4. The summed E-state index contributed by atoms with van der Waals surface area (Å²) in [5, 5.41) is 1.30. The van der Waals surface area contributed by atoms with Gasteiger partial charge in [0.1, 0.15) is 0 Å². The Labute approximate surface area is 346 Å². The Morgan fingerprint density at radius 2 is 0.667 bits per heavy atom. The Morgan fingerprint density at radius 3 is 0.930 bits per heavy atom. The summed E-state index contributed by atoms with van der Waals surface area (Å²) in [5.41, 5.74) is 10.5. The molecule has 0 atom stereocenters. The Kier molecular flexibility index (Phi) is 13.9. The molecule has 57 heavy (non-hydrogen) atoms. The van der Waals surface area contributed by atoms with Gasteiger partial charge in [-0.25, -0.2) is 0 Å². The van der Waals surface area contributed by atoms with Crippen LogP contribution < -0.4 is 19.6 Å². The van der Waals surface area contributed by atoms with E-state index in [0.717, 1.165) is 28.1 Å². The van der Waals surface area contributed by atoms with Crippen LogP contribution in [0.15, 0.2) is 133 Å². The molecule has 0 aliphatic rings. The van der Waals surface area contributed by atoms with E-state index in [4.69, 9.17) is 23.2 Å². The summed E-state index contributed by atoms with van der Waals surface area (Å²) < 4.78 is 40.5. The van der Waals surface area contributed by atoms with Gasteiger partial charge in [0.05, 0.1) is 5.56 Å². The van der Waals surface area contributed by atoms with Gasteiger partial charge in [0.25, 0.3) is 0 Å². The Bertz CT molecular complexity index is 2090. The summed E-state index contributed by atoms with van der Waals surface area (Å²) in [7, 11) is 16.0. The summed E-state index contributed by atoms with van der Waals surface area (Å²) in [6, 6.07) is 43.3. The lowest BCUT2D eigenvalue weighted by atomic mass is 9.83. The Morgan fingerprint density at radius 1 is 0.386 bits per heavy atom. The van der Waals surface area contributed by atoms with Crippen molar-refractivity contribution in [1.29, 1.82) is 0 Å². The molecule has 298 valence electrons. The maximum absolute atomic E-state index is 13.5. The molecule has 0 aliphatic carbocycles. The molecule has 4 nitrogen and oxygen atoms in total. The first kappa shape index (κ1) is 43.0. The number of rotatable bonds is 10. The van der Waals surface area contributed by atoms with Crippen molar-refractivity contribution in [2.45, 2.75) is 24.9 Å². The largest absolute Gasteiger partial charge is 0.416 e. The predicted octanol–water partition coefficient (Wildman–Crippen LogP) is 12.6. The summed E-state index contributed by atoms with van der Waals surface area (Å²) in [5.74, 6) is -0.230. The number of hydrogen-bond donors (Lipinski definition) is 0. The first-order chi connectivity index (χ1) is 26.9. The fourth-order valence-electron chi connectivity index (χ4n) is 6.90. The van der Waals surface area contributed by atoms with E-state index in [2.05, 4.69) is 58.3 Å². The van der Waals surface area contributed by atoms with E-state index in [-0.39, 0.29) is 11.8 Å². The summed E-state index contributed by atoms with van der Waals surface area (Å²) in [6.07, 6.45) is -4.38. The highest BCUT2D eigenvalue weighted by Crippen LogP contribution is 2.39. The zero-order chi connectivity index (χ0) is 41.6. The minimum Gasteiger partial charge on any atom is -0.378 e. The second-order valence-corrected chi connectivity index (χ2v) is 16.0. The quantitative estimate of drug-likeness (QED) is 0.128. The fraction of sp³-hybridized carbons (Fsp3) is 0.250. The van der Waals surface area contributed by atoms with E-state index in [1.54, 1.807) is 13.0 Å². The Balaban J connectivity index is 0.000000219. The van der Waals surface area contributed by atoms with E-state index in [1.165, 1.54) is 34.6 Å². The molecule has 0 spiro atoms. The van der Waals surface area contributed by atoms with Gasteiger partial charge in [-0.2, -0.15) is 13.2 Å². The van der Waals surface area contributed by atoms with E-state index in [1.807, 2.05) is 133 Å². The molecule has 6 aromatic rings. The Hall–Kier alpha value is -5.11. The van der Waals surface area contributed by atoms with Crippen molar-refractivity contribution in [1.82, 2.24) is 0 Å². The molecule has 0 unspecified atom stereocenters. The molecule has 0 saturated heterocycles. The van der Waals surface area contributed by atoms with Crippen molar-refractivity contribution in [2.75, 3.05) is 76.0 Å². The minimum absolute atomic E-state index is 0.0635. The lowest BCUT2D eigenvalue weighted by Crippen LogP contribution is -2.11. The smallest absolute Gasteiger partial charge is 0.378 e. The maximum Gasteiger partial charge on any atom is 0.416 e. The molecule has 9 heteroatoms. The lowest BCUT2D eigenvalue weighted by molar-refractivity contribution is -0.137. The van der Waals surface area contributed by atoms with Gasteiger partial charge in [0.15, 0.2) is 0 Å². The van der Waals surface area contributed by atoms with Crippen molar-refractivity contribution in [3.63, 3.8) is 0 Å². The molecule has 0 fully saturated rings. The molecular formula is C48H51Cl2F3N4. The van der Waals surface area contributed by atoms with Gasteiger partial charge < -0.3 is 19.6 Å². The molecule has 0 radical (unpaired) electrons. The van der Waals surface area contributed by atoms with E-state index < -0.39 is 11.7 Å². The third kappa shape index (κ3) is 11.1. The SMILES string of the molecule is CN(C)c1ccc(C(c2ccc(N(C)C)cc2)c2cc(Cl)cc(Cl)c2)cc1.Cc1cc(C(c2ccc(N(C)C)cc2)c2ccc(N(C)C)cc2)cc(C(F)(F)F)c1. The van der Waals surface area contributed by atoms with Gasteiger partial charge in [-0.3, -0.25) is 0 Å². The van der Waals surface area contributed by atoms with Gasteiger partial charge >= 0.3 is 6.18 Å². The standard InChI is InChI=1S/C25H27F3N2.C23H24Cl2N2/c1-17-14-20(16-21(15-17)25(26,27)28)24(18-6-10-22(11-7-18)29(2)3)19-8-12-23(13-9-19)30(4)5;1-26(2)21-9-5-16(6-10-21)23(18-13-19(24)15-20(25)14-18)17-7-11-22(12-8-17)27(3)4/h6-16,24H,1-5H3;5-15,23H,1-4H3. The van der Waals surface area contributed by atoms with Crippen LogP contribution >= 0.6 is 23.2 Å². The molecule has 0 saturated carbocycles. The monoisotopic (exact) mass is 810 g/mol. The second kappa shape index (κ2) is 18.4. The van der Waals surface area contributed by atoms with Crippen LogP contribution in [0.2, 0.25) is 10.0 Å². The highest BCUT2D eigenvalue weighted by Gasteiger charge is 2.32. The van der Waals surface area contributed by atoms with Crippen LogP contribution in [0.1, 0.15) is 56.3 Å². The van der Waals surface area contributed by atoms with Crippen LogP contribution in [0.5, 0.6) is 0 Å². The van der Waals surface area contributed by atoms with E-state index in [0.29, 0.717) is 21.2 Å². The molecule has 0 aliphatic heterocycles. The number of anilines is 4. The fourth-order valence-corrected chi connectivity index (χ4v) is 7.44. The topological polar surface area (TPSA) is 13.0 Å². The minimum atomic E-state index is -4.38. The molecule has 6 rings (SSSR count). The van der Waals surface area contributed by atoms with Crippen molar-refractivity contribution in [3.8, 4) is 0 Å². The van der Waals surface area contributed by atoms with Crippen molar-refractivity contribution in [3.05, 3.63) is 188 Å². The van der Waals surface area contributed by atoms with Crippen LogP contribution in [0.3, 0.4) is 0 Å². The van der Waals surface area contributed by atoms with Crippen molar-refractivity contribution in [2.24, 2.45) is 0 Å². The van der Waals surface area contributed by atoms with Gasteiger partial charge in [0, 0.05) is 101 Å². The number of aryl methyl sites for hydroxylation is 1. The van der Waals surface area contributed by atoms with Crippen LogP contribution in [0, 0.1) is 6.92 Å². The number of alkyl halides is 3. The third-order valence-electron chi connectivity index (χ3n) is 9.95. The maximum atomic E-state index is 13.5. The van der Waals surface area contributed by atoms with Crippen molar-refractivity contribution < 1.29 is 13.2 Å². The van der Waals surface area contributed by atoms with Crippen LogP contribution in [-0.4, -0.2) is 56.4 Å². The molecular weight excluding hydrogens is 760 g/mol. The number of nitrogens with zero attached hydrogens (tertiary/aromatic N) is 4. The lowest BCUT2D eigenvalue weighted by Gasteiger charge is -2.23. The van der Waals surface area contributed by atoms with E-state index >= 15 is 0 Å². The molecule has 0 amide bonds. The molecule has 0 bridgehead atoms. The molecule has 6 aromatic carbocycles. The summed E-state index contributed by atoms with van der Waals surface area (Å²) in [6.45, 7) is 1.71. The highest BCUT2D eigenvalue weighted by molar-refractivity contribution is 6.34. The second-order valence-electron chi connectivity index (χ2n) is 15.1. The zero-order valence-electron chi connectivity index (χ0n) is 34.0. The molecule has 0 heterocycles. The summed E-state index contributed by atoms with van der Waals surface area (Å²) >= 11 is 12.6. The highest BCUT2D eigenvalue weighted by atomic mass is 35.5. The van der Waals surface area contributed by atoms with Crippen LogP contribution in [0.25, 0.3) is 0 Å². The average molecular weight is 812 g/mol. The average Bonchev–Trinajstić information content (AvgIpc) is 3.15. The van der Waals surface area contributed by atoms with Crippen LogP contribution in [0.4, 0.5) is 35.9 Å². The summed E-state index contributed by atoms with van der Waals surface area (Å²) in [4.78, 5) is 8.19. The predicted molar refractivity (Wildman–Crippen MR) is 238 cm³/mol. The first-order valence-electron chi connectivity index (χ1n) is 18.6. The van der Waals surface area contributed by atoms with Gasteiger partial charge in [-0.15, -0.1) is 0 Å². The number of halogens is 5. The molecule has 0 aromatic heterocycles. The zero-order valence-corrected chi connectivity index (χ0v) is 35.5. The van der Waals surface area contributed by atoms with Gasteiger partial charge in [-0.1, -0.05) is 83.4 Å². The van der Waals surface area contributed by atoms with E-state index in [9.17, 15) is 13.2 Å². The first-order valence-corrected chi connectivity index (χ1v) is 19.4. The van der Waals surface area contributed by atoms with Gasteiger partial charge in [-0.05, 0) is 119 Å². The van der Waals surface area contributed by atoms with Crippen molar-refractivity contribution >= 4 is 46.0 Å². The van der Waals surface area contributed by atoms with Crippen LogP contribution in [-0.2, 0) is 6.18 Å². The number of benzene rings is 6. The van der Waals surface area contributed by atoms with Gasteiger partial charge in [0.2, 0.25) is 0 Å². The normalized spacial score (nSPS) is 11.3.